The molecular weight excluding hydrogens is 326 g/mol. The second-order valence-electron chi connectivity index (χ2n) is 6.82. The van der Waals surface area contributed by atoms with E-state index in [0.29, 0.717) is 19.0 Å². The van der Waals surface area contributed by atoms with Gasteiger partial charge < -0.3 is 19.6 Å². The molecule has 9 heteroatoms. The quantitative estimate of drug-likeness (QED) is 0.755. The normalized spacial score (nSPS) is 24.1. The Bertz CT molecular complexity index is 652. The lowest BCUT2D eigenvalue weighted by atomic mass is 10.0. The molecule has 0 saturated carbocycles. The Balaban J connectivity index is 1.57. The van der Waals surface area contributed by atoms with Crippen LogP contribution in [0.5, 0.6) is 0 Å². The van der Waals surface area contributed by atoms with Crippen LogP contribution in [-0.4, -0.2) is 89.2 Å². The van der Waals surface area contributed by atoms with Gasteiger partial charge in [-0.15, -0.1) is 0 Å². The summed E-state index contributed by atoms with van der Waals surface area (Å²) in [6, 6.07) is 0. The SMILES string of the molecule is CN1CC2(CCN(Cc3cnc(N(C)CC(=O)O)nc3)C2)OCC1=O. The van der Waals surface area contributed by atoms with E-state index in [9.17, 15) is 9.59 Å². The predicted molar refractivity (Wildman–Crippen MR) is 89.2 cm³/mol. The van der Waals surface area contributed by atoms with E-state index in [1.807, 2.05) is 7.05 Å². The third kappa shape index (κ3) is 4.05. The maximum absolute atomic E-state index is 11.6. The Morgan fingerprint density at radius 3 is 2.76 bits per heavy atom. The number of ether oxygens (including phenoxy) is 1. The highest BCUT2D eigenvalue weighted by Gasteiger charge is 2.43. The number of morpholine rings is 1. The van der Waals surface area contributed by atoms with Gasteiger partial charge in [-0.25, -0.2) is 9.97 Å². The van der Waals surface area contributed by atoms with Crippen LogP contribution in [0.1, 0.15) is 12.0 Å². The first-order valence-electron chi connectivity index (χ1n) is 8.21. The molecule has 2 fully saturated rings. The monoisotopic (exact) mass is 349 g/mol. The molecule has 0 radical (unpaired) electrons. The number of carbonyl (C=O) groups excluding carboxylic acids is 1. The van der Waals surface area contributed by atoms with Gasteiger partial charge in [-0.05, 0) is 6.42 Å². The molecule has 0 bridgehead atoms. The van der Waals surface area contributed by atoms with Crippen LogP contribution in [0, 0.1) is 0 Å². The second kappa shape index (κ2) is 6.93. The molecule has 1 spiro atoms. The molecule has 1 amide bonds. The largest absolute Gasteiger partial charge is 0.480 e. The average molecular weight is 349 g/mol. The van der Waals surface area contributed by atoms with Gasteiger partial charge in [0.2, 0.25) is 11.9 Å². The van der Waals surface area contributed by atoms with Crippen molar-refractivity contribution < 1.29 is 19.4 Å². The number of likely N-dealkylation sites (N-methyl/N-ethyl adjacent to an activating group) is 2. The molecule has 1 aromatic rings. The van der Waals surface area contributed by atoms with Crippen molar-refractivity contribution in [1.29, 1.82) is 0 Å². The third-order valence-electron chi connectivity index (χ3n) is 4.66. The first kappa shape index (κ1) is 17.6. The molecule has 0 aromatic carbocycles. The van der Waals surface area contributed by atoms with Crippen molar-refractivity contribution in [2.45, 2.75) is 18.6 Å². The number of aliphatic carboxylic acids is 1. The van der Waals surface area contributed by atoms with Crippen molar-refractivity contribution in [3.05, 3.63) is 18.0 Å². The van der Waals surface area contributed by atoms with Crippen LogP contribution >= 0.6 is 0 Å². The lowest BCUT2D eigenvalue weighted by Crippen LogP contribution is -2.54. The number of nitrogens with zero attached hydrogens (tertiary/aromatic N) is 5. The van der Waals surface area contributed by atoms with Crippen molar-refractivity contribution in [2.75, 3.05) is 51.8 Å². The molecule has 136 valence electrons. The summed E-state index contributed by atoms with van der Waals surface area (Å²) >= 11 is 0. The van der Waals surface area contributed by atoms with E-state index in [1.54, 1.807) is 24.3 Å². The molecular formula is C16H23N5O4. The van der Waals surface area contributed by atoms with E-state index in [4.69, 9.17) is 9.84 Å². The molecule has 0 aliphatic carbocycles. The van der Waals surface area contributed by atoms with E-state index < -0.39 is 5.97 Å². The van der Waals surface area contributed by atoms with Crippen molar-refractivity contribution >= 4 is 17.8 Å². The molecule has 1 aromatic heterocycles. The fourth-order valence-electron chi connectivity index (χ4n) is 3.36. The minimum atomic E-state index is -0.923. The first-order valence-corrected chi connectivity index (χ1v) is 8.21. The summed E-state index contributed by atoms with van der Waals surface area (Å²) in [5.41, 5.74) is 0.690. The molecule has 3 heterocycles. The number of anilines is 1. The van der Waals surface area contributed by atoms with Gasteiger partial charge in [0.25, 0.3) is 0 Å². The standard InChI is InChI=1S/C16H23N5O4/c1-19(8-14(23)24)15-17-5-12(6-18-15)7-21-4-3-16(11-21)10-20(2)13(22)9-25-16/h5-6H,3-4,7-11H2,1-2H3,(H,23,24). The molecule has 1 N–H and O–H groups in total. The van der Waals surface area contributed by atoms with E-state index in [0.717, 1.165) is 25.1 Å². The van der Waals surface area contributed by atoms with Crippen LogP contribution in [0.3, 0.4) is 0 Å². The van der Waals surface area contributed by atoms with Gasteiger partial charge in [0, 0.05) is 51.7 Å². The van der Waals surface area contributed by atoms with Gasteiger partial charge in [0.05, 0.1) is 6.54 Å². The fourth-order valence-corrected chi connectivity index (χ4v) is 3.36. The summed E-state index contributed by atoms with van der Waals surface area (Å²) in [4.78, 5) is 36.3. The minimum absolute atomic E-state index is 0.0264. The second-order valence-corrected chi connectivity index (χ2v) is 6.82. The van der Waals surface area contributed by atoms with Crippen LogP contribution in [0.2, 0.25) is 0 Å². The number of carbonyl (C=O) groups is 2. The number of amides is 1. The van der Waals surface area contributed by atoms with Crippen LogP contribution in [-0.2, 0) is 20.9 Å². The van der Waals surface area contributed by atoms with Gasteiger partial charge >= 0.3 is 5.97 Å². The number of hydrogen-bond acceptors (Lipinski definition) is 7. The summed E-state index contributed by atoms with van der Waals surface area (Å²) in [5.74, 6) is -0.508. The lowest BCUT2D eigenvalue weighted by Gasteiger charge is -2.38. The van der Waals surface area contributed by atoms with Gasteiger partial charge in [0.1, 0.15) is 18.8 Å². The fraction of sp³-hybridized carbons (Fsp3) is 0.625. The topological polar surface area (TPSA) is 99.1 Å². The number of carboxylic acid groups (broad SMARTS) is 1. The Hall–Kier alpha value is -2.26. The Labute approximate surface area is 146 Å². The molecule has 1 atom stereocenters. The Kier molecular flexibility index (Phi) is 4.87. The highest BCUT2D eigenvalue weighted by molar-refractivity contribution is 5.78. The zero-order chi connectivity index (χ0) is 18.0. The van der Waals surface area contributed by atoms with Crippen LogP contribution < -0.4 is 4.90 Å². The Morgan fingerprint density at radius 1 is 1.40 bits per heavy atom. The Morgan fingerprint density at radius 2 is 2.12 bits per heavy atom. The molecule has 1 unspecified atom stereocenters. The average Bonchev–Trinajstić information content (AvgIpc) is 2.94. The minimum Gasteiger partial charge on any atom is -0.480 e. The maximum Gasteiger partial charge on any atom is 0.323 e. The molecule has 2 saturated heterocycles. The molecule has 3 rings (SSSR count). The summed E-state index contributed by atoms with van der Waals surface area (Å²) in [7, 11) is 3.46. The zero-order valence-electron chi connectivity index (χ0n) is 14.5. The van der Waals surface area contributed by atoms with Gasteiger partial charge in [-0.2, -0.15) is 0 Å². The highest BCUT2D eigenvalue weighted by atomic mass is 16.5. The number of rotatable bonds is 5. The third-order valence-corrected chi connectivity index (χ3v) is 4.66. The number of hydrogen-bond donors (Lipinski definition) is 1. The number of likely N-dealkylation sites (tertiary alicyclic amines) is 1. The maximum atomic E-state index is 11.6. The number of aromatic nitrogens is 2. The molecule has 9 nitrogen and oxygen atoms in total. The number of carboxylic acids is 1. The first-order chi connectivity index (χ1) is 11.9. The van der Waals surface area contributed by atoms with Crippen molar-refractivity contribution in [2.24, 2.45) is 0 Å². The van der Waals surface area contributed by atoms with Crippen LogP contribution in [0.25, 0.3) is 0 Å². The predicted octanol–water partition coefficient (Wildman–Crippen LogP) is -0.569. The van der Waals surface area contributed by atoms with Gasteiger partial charge in [0.15, 0.2) is 0 Å². The van der Waals surface area contributed by atoms with Crippen LogP contribution in [0.15, 0.2) is 12.4 Å². The van der Waals surface area contributed by atoms with Gasteiger partial charge in [-0.3, -0.25) is 14.5 Å². The van der Waals surface area contributed by atoms with E-state index >= 15 is 0 Å². The highest BCUT2D eigenvalue weighted by Crippen LogP contribution is 2.30. The van der Waals surface area contributed by atoms with E-state index in [1.165, 1.54) is 4.90 Å². The van der Waals surface area contributed by atoms with Crippen LogP contribution in [0.4, 0.5) is 5.95 Å². The smallest absolute Gasteiger partial charge is 0.323 e. The molecule has 2 aliphatic rings. The molecule has 2 aliphatic heterocycles. The summed E-state index contributed by atoms with van der Waals surface area (Å²) in [6.45, 7) is 2.99. The van der Waals surface area contributed by atoms with E-state index in [2.05, 4.69) is 14.9 Å². The van der Waals surface area contributed by atoms with Gasteiger partial charge in [-0.1, -0.05) is 0 Å². The van der Waals surface area contributed by atoms with Crippen molar-refractivity contribution in [3.8, 4) is 0 Å². The van der Waals surface area contributed by atoms with E-state index in [-0.39, 0.29) is 24.7 Å². The summed E-state index contributed by atoms with van der Waals surface area (Å²) in [6.07, 6.45) is 4.34. The lowest BCUT2D eigenvalue weighted by molar-refractivity contribution is -0.159. The summed E-state index contributed by atoms with van der Waals surface area (Å²) in [5, 5.41) is 8.81. The van der Waals surface area contributed by atoms with Crippen molar-refractivity contribution in [1.82, 2.24) is 19.8 Å². The summed E-state index contributed by atoms with van der Waals surface area (Å²) < 4.78 is 5.84. The molecule has 25 heavy (non-hydrogen) atoms. The zero-order valence-corrected chi connectivity index (χ0v) is 14.5. The van der Waals surface area contributed by atoms with Crippen molar-refractivity contribution in [3.63, 3.8) is 0 Å².